The highest BCUT2D eigenvalue weighted by Crippen LogP contribution is 2.21. The van der Waals surface area contributed by atoms with E-state index in [2.05, 4.69) is 15.6 Å². The van der Waals surface area contributed by atoms with Crippen molar-refractivity contribution < 1.29 is 18.8 Å². The molecule has 3 amide bonds. The first-order chi connectivity index (χ1) is 16.0. The van der Waals surface area contributed by atoms with Crippen LogP contribution in [0.3, 0.4) is 0 Å². The van der Waals surface area contributed by atoms with Crippen LogP contribution in [-0.4, -0.2) is 40.7 Å². The predicted octanol–water partition coefficient (Wildman–Crippen LogP) is 3.96. The van der Waals surface area contributed by atoms with E-state index in [1.807, 2.05) is 0 Å². The van der Waals surface area contributed by atoms with Crippen LogP contribution in [0.15, 0.2) is 73.1 Å². The van der Waals surface area contributed by atoms with Crippen molar-refractivity contribution in [1.82, 2.24) is 9.88 Å². The summed E-state index contributed by atoms with van der Waals surface area (Å²) in [5.74, 6) is -1.51. The molecule has 0 saturated carbocycles. The number of hydrogen-bond donors (Lipinski definition) is 2. The number of nitrogens with zero attached hydrogens (tertiary/aromatic N) is 2. The Morgan fingerprint density at radius 2 is 1.67 bits per heavy atom. The molecule has 33 heavy (non-hydrogen) atoms. The fourth-order valence-corrected chi connectivity index (χ4v) is 3.77. The Hall–Kier alpha value is -4.07. The van der Waals surface area contributed by atoms with Crippen molar-refractivity contribution in [2.75, 3.05) is 23.7 Å². The van der Waals surface area contributed by atoms with Gasteiger partial charge < -0.3 is 15.5 Å². The first-order valence-corrected chi connectivity index (χ1v) is 10.7. The van der Waals surface area contributed by atoms with Gasteiger partial charge in [0.05, 0.1) is 5.92 Å². The number of benzene rings is 2. The fourth-order valence-electron chi connectivity index (χ4n) is 3.77. The zero-order valence-electron chi connectivity index (χ0n) is 17.8. The molecule has 1 aliphatic rings. The Morgan fingerprint density at radius 3 is 2.42 bits per heavy atom. The second-order valence-electron chi connectivity index (χ2n) is 7.86. The molecule has 7 nitrogen and oxygen atoms in total. The molecular weight excluding hydrogens is 423 g/mol. The van der Waals surface area contributed by atoms with E-state index in [0.717, 1.165) is 0 Å². The Kier molecular flexibility index (Phi) is 6.73. The van der Waals surface area contributed by atoms with Gasteiger partial charge in [-0.1, -0.05) is 6.07 Å². The maximum atomic E-state index is 13.1. The fraction of sp³-hybridized carbons (Fsp3) is 0.200. The van der Waals surface area contributed by atoms with E-state index in [1.165, 1.54) is 24.3 Å². The summed E-state index contributed by atoms with van der Waals surface area (Å²) in [7, 11) is 0. The van der Waals surface area contributed by atoms with Crippen molar-refractivity contribution in [1.29, 1.82) is 0 Å². The quantitative estimate of drug-likeness (QED) is 0.621. The highest BCUT2D eigenvalue weighted by molar-refractivity contribution is 6.05. The van der Waals surface area contributed by atoms with Gasteiger partial charge in [-0.3, -0.25) is 19.4 Å². The lowest BCUT2D eigenvalue weighted by atomic mass is 9.96. The van der Waals surface area contributed by atoms with Crippen LogP contribution < -0.4 is 10.6 Å². The van der Waals surface area contributed by atoms with Crippen LogP contribution in [0, 0.1) is 11.7 Å². The van der Waals surface area contributed by atoms with E-state index >= 15 is 0 Å². The van der Waals surface area contributed by atoms with Gasteiger partial charge in [0.1, 0.15) is 5.82 Å². The predicted molar refractivity (Wildman–Crippen MR) is 122 cm³/mol. The first kappa shape index (κ1) is 22.1. The number of pyridine rings is 1. The summed E-state index contributed by atoms with van der Waals surface area (Å²) in [5, 5.41) is 5.64. The van der Waals surface area contributed by atoms with Crippen LogP contribution in [0.4, 0.5) is 15.8 Å². The molecule has 1 fully saturated rings. The molecular formula is C25H23FN4O3. The Balaban J connectivity index is 1.38. The number of nitrogens with one attached hydrogen (secondary N) is 2. The van der Waals surface area contributed by atoms with Crippen molar-refractivity contribution in [3.63, 3.8) is 0 Å². The normalized spacial score (nSPS) is 15.5. The molecule has 1 aromatic heterocycles. The second-order valence-corrected chi connectivity index (χ2v) is 7.86. The van der Waals surface area contributed by atoms with Crippen molar-refractivity contribution in [3.8, 4) is 0 Å². The van der Waals surface area contributed by atoms with Gasteiger partial charge in [0.25, 0.3) is 11.8 Å². The van der Waals surface area contributed by atoms with Crippen LogP contribution in [-0.2, 0) is 4.79 Å². The summed E-state index contributed by atoms with van der Waals surface area (Å²) in [6.45, 7) is 0.828. The van der Waals surface area contributed by atoms with E-state index in [4.69, 9.17) is 0 Å². The molecule has 1 atom stereocenters. The number of carbonyl (C=O) groups is 3. The van der Waals surface area contributed by atoms with Gasteiger partial charge in [0.2, 0.25) is 5.91 Å². The van der Waals surface area contributed by atoms with Crippen LogP contribution in [0.5, 0.6) is 0 Å². The number of amides is 3. The van der Waals surface area contributed by atoms with Gasteiger partial charge in [-0.2, -0.15) is 0 Å². The maximum absolute atomic E-state index is 13.1. The number of rotatable bonds is 5. The third-order valence-corrected chi connectivity index (χ3v) is 5.50. The molecule has 168 valence electrons. The number of halogens is 1. The lowest BCUT2D eigenvalue weighted by molar-refractivity contribution is -0.121. The largest absolute Gasteiger partial charge is 0.338 e. The van der Waals surface area contributed by atoms with Gasteiger partial charge in [-0.05, 0) is 67.4 Å². The van der Waals surface area contributed by atoms with E-state index in [9.17, 15) is 18.8 Å². The Labute approximate surface area is 190 Å². The van der Waals surface area contributed by atoms with Crippen LogP contribution in [0.2, 0.25) is 0 Å². The summed E-state index contributed by atoms with van der Waals surface area (Å²) < 4.78 is 13.1. The van der Waals surface area contributed by atoms with Crippen LogP contribution in [0.1, 0.15) is 33.6 Å². The molecule has 3 aromatic rings. The minimum absolute atomic E-state index is 0.210. The number of aromatic nitrogens is 1. The zero-order valence-corrected chi connectivity index (χ0v) is 17.8. The summed E-state index contributed by atoms with van der Waals surface area (Å²) in [4.78, 5) is 43.7. The SMILES string of the molecule is O=C(Nc1ccncc1)c1cccc(NC(=O)C2CCCN(C(=O)c3ccc(F)cc3)C2)c1. The van der Waals surface area contributed by atoms with Crippen molar-refractivity contribution in [3.05, 3.63) is 90.0 Å². The maximum Gasteiger partial charge on any atom is 0.255 e. The van der Waals surface area contributed by atoms with Gasteiger partial charge in [-0.25, -0.2) is 4.39 Å². The smallest absolute Gasteiger partial charge is 0.255 e. The third-order valence-electron chi connectivity index (χ3n) is 5.50. The highest BCUT2D eigenvalue weighted by Gasteiger charge is 2.29. The topological polar surface area (TPSA) is 91.4 Å². The molecule has 2 N–H and O–H groups in total. The average Bonchev–Trinajstić information content (AvgIpc) is 2.85. The minimum atomic E-state index is -0.404. The molecule has 1 saturated heterocycles. The first-order valence-electron chi connectivity index (χ1n) is 10.7. The van der Waals surface area contributed by atoms with Gasteiger partial charge in [0.15, 0.2) is 0 Å². The zero-order chi connectivity index (χ0) is 23.2. The monoisotopic (exact) mass is 446 g/mol. The molecule has 1 unspecified atom stereocenters. The number of carbonyl (C=O) groups excluding carboxylic acids is 3. The molecule has 0 spiro atoms. The Morgan fingerprint density at radius 1 is 0.909 bits per heavy atom. The van der Waals surface area contributed by atoms with E-state index in [0.29, 0.717) is 41.9 Å². The highest BCUT2D eigenvalue weighted by atomic mass is 19.1. The number of piperidine rings is 1. The molecule has 0 bridgehead atoms. The number of anilines is 2. The van der Waals surface area contributed by atoms with Gasteiger partial charge in [-0.15, -0.1) is 0 Å². The van der Waals surface area contributed by atoms with Crippen LogP contribution in [0.25, 0.3) is 0 Å². The molecule has 0 radical (unpaired) electrons. The lowest BCUT2D eigenvalue weighted by Crippen LogP contribution is -2.43. The standard InChI is InChI=1S/C25H23FN4O3/c26-20-8-6-17(7-9-20)25(33)30-14-2-4-19(16-30)24(32)29-22-5-1-3-18(15-22)23(31)28-21-10-12-27-13-11-21/h1,3,5-13,15,19H,2,4,14,16H2,(H,29,32)(H,27,28,31). The Bertz CT molecular complexity index is 1150. The molecule has 0 aliphatic carbocycles. The summed E-state index contributed by atoms with van der Waals surface area (Å²) in [5.41, 5.74) is 1.92. The van der Waals surface area contributed by atoms with Gasteiger partial charge >= 0.3 is 0 Å². The lowest BCUT2D eigenvalue weighted by Gasteiger charge is -2.32. The molecule has 2 heterocycles. The van der Waals surface area contributed by atoms with E-state index < -0.39 is 5.82 Å². The number of hydrogen-bond acceptors (Lipinski definition) is 4. The third kappa shape index (κ3) is 5.60. The molecule has 2 aromatic carbocycles. The summed E-state index contributed by atoms with van der Waals surface area (Å²) >= 11 is 0. The molecule has 4 rings (SSSR count). The average molecular weight is 446 g/mol. The van der Waals surface area contributed by atoms with Crippen LogP contribution >= 0.6 is 0 Å². The minimum Gasteiger partial charge on any atom is -0.338 e. The molecule has 8 heteroatoms. The van der Waals surface area contributed by atoms with E-state index in [-0.39, 0.29) is 30.2 Å². The van der Waals surface area contributed by atoms with Crippen molar-refractivity contribution >= 4 is 29.1 Å². The van der Waals surface area contributed by atoms with Crippen molar-refractivity contribution in [2.24, 2.45) is 5.92 Å². The number of likely N-dealkylation sites (tertiary alicyclic amines) is 1. The summed E-state index contributed by atoms with van der Waals surface area (Å²) in [6.07, 6.45) is 4.52. The molecule has 1 aliphatic heterocycles. The van der Waals surface area contributed by atoms with Crippen molar-refractivity contribution in [2.45, 2.75) is 12.8 Å². The summed E-state index contributed by atoms with van der Waals surface area (Å²) in [6, 6.07) is 15.4. The van der Waals surface area contributed by atoms with E-state index in [1.54, 1.807) is 53.7 Å². The van der Waals surface area contributed by atoms with Gasteiger partial charge in [0, 0.05) is 48.0 Å². The second kappa shape index (κ2) is 10.0.